The molecule has 2 aromatic rings. The van der Waals surface area contributed by atoms with Gasteiger partial charge >= 0.3 is 11.1 Å². The smallest absolute Gasteiger partial charge is 0.384 e. The summed E-state index contributed by atoms with van der Waals surface area (Å²) in [6, 6.07) is -0.857. The molecule has 4 rings (SSSR count). The summed E-state index contributed by atoms with van der Waals surface area (Å²) in [5.41, 5.74) is 16.1. The molecule has 37 heavy (non-hydrogen) atoms. The molecule has 0 bridgehead atoms. The number of fused-ring (bicyclic) bond motifs is 1. The molecule has 2 saturated heterocycles. The lowest BCUT2D eigenvalue weighted by atomic mass is 9.89. The van der Waals surface area contributed by atoms with Gasteiger partial charge in [0.1, 0.15) is 41.0 Å². The molecule has 2 amide bonds. The highest BCUT2D eigenvalue weighted by Crippen LogP contribution is 2.44. The zero-order valence-electron chi connectivity index (χ0n) is 19.5. The Labute approximate surface area is 222 Å². The third-order valence-corrected chi connectivity index (χ3v) is 9.16. The van der Waals surface area contributed by atoms with Crippen LogP contribution in [-0.4, -0.2) is 79.5 Å². The van der Waals surface area contributed by atoms with Gasteiger partial charge in [-0.25, -0.2) is 4.98 Å². The molecule has 2 aliphatic rings. The van der Waals surface area contributed by atoms with Crippen molar-refractivity contribution in [3.05, 3.63) is 17.3 Å². The van der Waals surface area contributed by atoms with Crippen LogP contribution < -0.4 is 33.0 Å². The second-order valence-corrected chi connectivity index (χ2v) is 11.1. The number of carbonyl (C=O) groups excluding carboxylic acids is 2. The van der Waals surface area contributed by atoms with Gasteiger partial charge in [-0.3, -0.25) is 20.2 Å². The normalized spacial score (nSPS) is 23.2. The molecular formula is C19H25N10O5S3+. The molecule has 2 aliphatic heterocycles. The van der Waals surface area contributed by atoms with Gasteiger partial charge in [-0.1, -0.05) is 5.16 Å². The molecule has 0 saturated carbocycles. The lowest BCUT2D eigenvalue weighted by Crippen LogP contribution is -2.74. The zero-order valence-corrected chi connectivity index (χ0v) is 21.9. The first-order valence-electron chi connectivity index (χ1n) is 10.8. The number of nitrogen functional groups attached to an aromatic ring is 4. The molecule has 2 fully saturated rings. The second-order valence-electron chi connectivity index (χ2n) is 8.19. The number of carboxylic acid groups (broad SMARTS) is 1. The van der Waals surface area contributed by atoms with E-state index in [1.165, 1.54) is 27.5 Å². The van der Waals surface area contributed by atoms with E-state index in [1.807, 2.05) is 0 Å². The van der Waals surface area contributed by atoms with E-state index in [0.29, 0.717) is 0 Å². The van der Waals surface area contributed by atoms with E-state index in [4.69, 9.17) is 27.9 Å². The van der Waals surface area contributed by atoms with Crippen LogP contribution in [0.4, 0.5) is 16.6 Å². The number of rotatable bonds is 9. The van der Waals surface area contributed by atoms with E-state index in [0.717, 1.165) is 23.1 Å². The van der Waals surface area contributed by atoms with Crippen molar-refractivity contribution in [3.63, 3.8) is 0 Å². The molecule has 0 aliphatic carbocycles. The fraction of sp³-hybridized carbons (Fsp3) is 0.421. The molecule has 0 radical (unpaired) electrons. The highest BCUT2D eigenvalue weighted by molar-refractivity contribution is 8.00. The first-order valence-corrected chi connectivity index (χ1v) is 13.7. The van der Waals surface area contributed by atoms with Crippen LogP contribution in [0.1, 0.15) is 12.6 Å². The SMILES string of the molecule is CCON=C(C(=O)NC1C(=O)N2CC(CSc3nc(N)c(N)c[n+]3N)(C(=O)O)CS[C@H]12)c1csc(N)n1. The number of thioether (sulfide) groups is 2. The zero-order chi connectivity index (χ0) is 26.9. The van der Waals surface area contributed by atoms with Gasteiger partial charge in [0.2, 0.25) is 5.91 Å². The van der Waals surface area contributed by atoms with Crippen LogP contribution in [0, 0.1) is 5.41 Å². The van der Waals surface area contributed by atoms with Crippen LogP contribution in [0.2, 0.25) is 0 Å². The average molecular weight is 570 g/mol. The molecular weight excluding hydrogens is 544 g/mol. The van der Waals surface area contributed by atoms with Crippen molar-refractivity contribution in [2.75, 3.05) is 47.7 Å². The Morgan fingerprint density at radius 3 is 2.81 bits per heavy atom. The number of nitrogens with one attached hydrogen (secondary N) is 1. The number of amides is 2. The number of thiazole rings is 1. The van der Waals surface area contributed by atoms with E-state index in [9.17, 15) is 19.5 Å². The van der Waals surface area contributed by atoms with Gasteiger partial charge in [0, 0.05) is 23.4 Å². The van der Waals surface area contributed by atoms with Gasteiger partial charge < -0.3 is 37.4 Å². The number of aromatic nitrogens is 3. The highest BCUT2D eigenvalue weighted by atomic mass is 32.2. The summed E-state index contributed by atoms with van der Waals surface area (Å²) >= 11 is 3.50. The largest absolute Gasteiger partial charge is 0.481 e. The number of aliphatic carboxylic acids is 1. The van der Waals surface area contributed by atoms with E-state index < -0.39 is 34.6 Å². The monoisotopic (exact) mass is 569 g/mol. The Bertz CT molecular complexity index is 1270. The lowest BCUT2D eigenvalue weighted by Gasteiger charge is -2.53. The minimum Gasteiger partial charge on any atom is -0.481 e. The Kier molecular flexibility index (Phi) is 7.51. The highest BCUT2D eigenvalue weighted by Gasteiger charge is 2.57. The number of nitrogens with two attached hydrogens (primary N) is 4. The molecule has 4 heterocycles. The van der Waals surface area contributed by atoms with Gasteiger partial charge in [-0.05, 0) is 23.7 Å². The summed E-state index contributed by atoms with van der Waals surface area (Å²) in [4.78, 5) is 52.9. The molecule has 10 N–H and O–H groups in total. The maximum Gasteiger partial charge on any atom is 0.384 e. The average Bonchev–Trinajstić information content (AvgIpc) is 3.29. The molecule has 2 unspecified atom stereocenters. The first-order chi connectivity index (χ1) is 17.6. The van der Waals surface area contributed by atoms with Crippen molar-refractivity contribution in [1.82, 2.24) is 20.2 Å². The number of carbonyl (C=O) groups is 3. The van der Waals surface area contributed by atoms with E-state index in [2.05, 4.69) is 20.4 Å². The maximum atomic E-state index is 13.0. The Balaban J connectivity index is 1.44. The molecule has 0 aromatic carbocycles. The van der Waals surface area contributed by atoms with Crippen LogP contribution in [0.3, 0.4) is 0 Å². The van der Waals surface area contributed by atoms with Gasteiger partial charge in [0.05, 0.1) is 0 Å². The Hall–Kier alpha value is -3.51. The summed E-state index contributed by atoms with van der Waals surface area (Å²) in [6.45, 7) is 1.89. The number of carboxylic acids is 1. The fourth-order valence-electron chi connectivity index (χ4n) is 3.65. The Morgan fingerprint density at radius 2 is 2.16 bits per heavy atom. The van der Waals surface area contributed by atoms with Crippen LogP contribution in [0.25, 0.3) is 0 Å². The van der Waals surface area contributed by atoms with Gasteiger partial charge in [0.25, 0.3) is 11.7 Å². The predicted octanol–water partition coefficient (Wildman–Crippen LogP) is -1.71. The number of nitrogens with zero attached hydrogens (tertiary/aromatic N) is 5. The minimum absolute atomic E-state index is 0.0459. The summed E-state index contributed by atoms with van der Waals surface area (Å²) in [5.74, 6) is 4.11. The molecule has 198 valence electrons. The van der Waals surface area contributed by atoms with Crippen LogP contribution in [-0.2, 0) is 19.2 Å². The third kappa shape index (κ3) is 5.16. The summed E-state index contributed by atoms with van der Waals surface area (Å²) in [7, 11) is 0. The number of anilines is 3. The van der Waals surface area contributed by atoms with Crippen molar-refractivity contribution in [1.29, 1.82) is 0 Å². The topological polar surface area (TPSA) is 242 Å². The lowest BCUT2D eigenvalue weighted by molar-refractivity contribution is -0.681. The second kappa shape index (κ2) is 10.5. The standard InChI is InChI=1S/C19H24N10O5S3/c1-2-34-27-10(9-4-35-17(22)24-9)13(30)25-11-14(31)28-5-19(16(32)33,6-36-15(11)28)7-37-18-26-12(21)8(20)3-29(18)23/h3-4,11,15,21H,2,5-7,20,23H2,1H3,(H4,22,24,25,30,32,33)/p+1/t11?,15-,19?/m1/s1. The Morgan fingerprint density at radius 1 is 1.41 bits per heavy atom. The molecule has 0 spiro atoms. The predicted molar refractivity (Wildman–Crippen MR) is 139 cm³/mol. The number of hydrogen-bond acceptors (Lipinski definition) is 14. The minimum atomic E-state index is -1.28. The molecule has 15 nitrogen and oxygen atoms in total. The summed E-state index contributed by atoms with van der Waals surface area (Å²) < 4.78 is 1.17. The van der Waals surface area contributed by atoms with Gasteiger partial charge in [-0.2, -0.15) is 0 Å². The quantitative estimate of drug-likeness (QED) is 0.0375. The van der Waals surface area contributed by atoms with Crippen LogP contribution in [0.5, 0.6) is 0 Å². The maximum absolute atomic E-state index is 13.0. The van der Waals surface area contributed by atoms with E-state index in [-0.39, 0.29) is 57.9 Å². The third-order valence-electron chi connectivity index (χ3n) is 5.64. The van der Waals surface area contributed by atoms with Crippen molar-refractivity contribution in [2.45, 2.75) is 23.5 Å². The van der Waals surface area contributed by atoms with Gasteiger partial charge in [-0.15, -0.1) is 27.8 Å². The summed E-state index contributed by atoms with van der Waals surface area (Å²) in [5, 5.41) is 18.2. The fourth-order valence-corrected chi connectivity index (χ4v) is 6.96. The number of oxime groups is 1. The van der Waals surface area contributed by atoms with Crippen molar-refractivity contribution >= 4 is 75.0 Å². The molecule has 2 aromatic heterocycles. The van der Waals surface area contributed by atoms with Gasteiger partial charge in [0.15, 0.2) is 10.8 Å². The number of β-lactam (4-membered cyclic amide) rings is 1. The van der Waals surface area contributed by atoms with Crippen LogP contribution in [0.15, 0.2) is 21.9 Å². The van der Waals surface area contributed by atoms with E-state index >= 15 is 0 Å². The first kappa shape index (κ1) is 26.6. The van der Waals surface area contributed by atoms with Crippen molar-refractivity contribution in [3.8, 4) is 0 Å². The summed E-state index contributed by atoms with van der Waals surface area (Å²) in [6.07, 6.45) is 1.39. The molecule has 3 atom stereocenters. The van der Waals surface area contributed by atoms with Crippen LogP contribution >= 0.6 is 34.9 Å². The molecule has 18 heteroatoms. The van der Waals surface area contributed by atoms with E-state index in [1.54, 1.807) is 12.3 Å². The van der Waals surface area contributed by atoms with Crippen molar-refractivity contribution in [2.24, 2.45) is 10.6 Å². The number of hydrogen-bond donors (Lipinski definition) is 6. The van der Waals surface area contributed by atoms with Crippen molar-refractivity contribution < 1.29 is 29.0 Å².